The normalized spacial score (nSPS) is 24.9. The zero-order valence-corrected chi connectivity index (χ0v) is 12.1. The first-order valence-corrected chi connectivity index (χ1v) is 6.69. The molecular formula is C13H19BrN2O. The van der Waals surface area contributed by atoms with E-state index in [-0.39, 0.29) is 0 Å². The molecule has 1 heterocycles. The molecule has 94 valence electrons. The second-order valence-electron chi connectivity index (χ2n) is 4.71. The summed E-state index contributed by atoms with van der Waals surface area (Å²) in [6.45, 7) is 3.35. The van der Waals surface area contributed by atoms with Gasteiger partial charge in [0.2, 0.25) is 0 Å². The lowest BCUT2D eigenvalue weighted by Crippen LogP contribution is -2.25. The van der Waals surface area contributed by atoms with E-state index >= 15 is 0 Å². The van der Waals surface area contributed by atoms with Crippen LogP contribution >= 0.6 is 15.9 Å². The van der Waals surface area contributed by atoms with Crippen LogP contribution in [0.5, 0.6) is 5.75 Å². The van der Waals surface area contributed by atoms with Gasteiger partial charge in [-0.05, 0) is 48.5 Å². The number of nitrogens with zero attached hydrogens (tertiary/aromatic N) is 1. The van der Waals surface area contributed by atoms with Crippen LogP contribution in [0.3, 0.4) is 0 Å². The minimum absolute atomic E-state index is 0.512. The molecule has 0 amide bonds. The molecular weight excluding hydrogens is 280 g/mol. The van der Waals surface area contributed by atoms with Gasteiger partial charge in [-0.2, -0.15) is 0 Å². The van der Waals surface area contributed by atoms with E-state index in [9.17, 15) is 0 Å². The van der Waals surface area contributed by atoms with Crippen LogP contribution in [-0.4, -0.2) is 37.7 Å². The fourth-order valence-electron chi connectivity index (χ4n) is 2.26. The fraction of sp³-hybridized carbons (Fsp3) is 0.538. The van der Waals surface area contributed by atoms with Crippen molar-refractivity contribution in [1.29, 1.82) is 0 Å². The summed E-state index contributed by atoms with van der Waals surface area (Å²) < 4.78 is 6.33. The molecule has 1 aliphatic rings. The van der Waals surface area contributed by atoms with Crippen LogP contribution in [0, 0.1) is 0 Å². The topological polar surface area (TPSA) is 24.5 Å². The molecule has 1 fully saturated rings. The van der Waals surface area contributed by atoms with Crippen molar-refractivity contribution in [3.8, 4) is 5.75 Å². The predicted octanol–water partition coefficient (Wildman–Crippen LogP) is 2.96. The number of hydrogen-bond acceptors (Lipinski definition) is 3. The number of nitrogens with one attached hydrogen (secondary N) is 1. The second-order valence-corrected chi connectivity index (χ2v) is 5.57. The van der Waals surface area contributed by atoms with Crippen LogP contribution in [0.2, 0.25) is 0 Å². The standard InChI is InChI=1S/C13H19BrN2O/c1-9-6-10(8-16(9)2)15-13-7-11(17-3)4-5-12(13)14/h4-5,7,9-10,15H,6,8H2,1-3H3. The number of hydrogen-bond donors (Lipinski definition) is 1. The molecule has 0 radical (unpaired) electrons. The van der Waals surface area contributed by atoms with E-state index in [0.29, 0.717) is 12.1 Å². The Morgan fingerprint density at radius 2 is 2.24 bits per heavy atom. The SMILES string of the molecule is COc1ccc(Br)c(NC2CC(C)N(C)C2)c1. The number of halogens is 1. The molecule has 1 aromatic rings. The second kappa shape index (κ2) is 5.27. The molecule has 0 bridgehead atoms. The highest BCUT2D eigenvalue weighted by Gasteiger charge is 2.26. The lowest BCUT2D eigenvalue weighted by molar-refractivity contribution is 0.330. The van der Waals surface area contributed by atoms with Gasteiger partial charge >= 0.3 is 0 Å². The molecule has 2 unspecified atom stereocenters. The molecule has 0 spiro atoms. The summed E-state index contributed by atoms with van der Waals surface area (Å²) in [7, 11) is 3.87. The van der Waals surface area contributed by atoms with Gasteiger partial charge in [0.15, 0.2) is 0 Å². The maximum Gasteiger partial charge on any atom is 0.121 e. The minimum Gasteiger partial charge on any atom is -0.497 e. The summed E-state index contributed by atoms with van der Waals surface area (Å²) in [4.78, 5) is 2.38. The smallest absolute Gasteiger partial charge is 0.121 e. The van der Waals surface area contributed by atoms with Crippen molar-refractivity contribution < 1.29 is 4.74 Å². The van der Waals surface area contributed by atoms with Crippen LogP contribution in [0.1, 0.15) is 13.3 Å². The largest absolute Gasteiger partial charge is 0.497 e. The average Bonchev–Trinajstić information content (AvgIpc) is 2.61. The van der Waals surface area contributed by atoms with Gasteiger partial charge in [-0.3, -0.25) is 0 Å². The Morgan fingerprint density at radius 3 is 2.82 bits per heavy atom. The van der Waals surface area contributed by atoms with E-state index in [1.165, 1.54) is 6.42 Å². The monoisotopic (exact) mass is 298 g/mol. The fourth-order valence-corrected chi connectivity index (χ4v) is 2.62. The van der Waals surface area contributed by atoms with Gasteiger partial charge in [0.05, 0.1) is 12.8 Å². The Hall–Kier alpha value is -0.740. The summed E-state index contributed by atoms with van der Waals surface area (Å²) in [5.41, 5.74) is 1.11. The van der Waals surface area contributed by atoms with Crippen LogP contribution in [-0.2, 0) is 0 Å². The molecule has 3 nitrogen and oxygen atoms in total. The van der Waals surface area contributed by atoms with E-state index < -0.39 is 0 Å². The van der Waals surface area contributed by atoms with E-state index in [0.717, 1.165) is 22.5 Å². The Kier molecular flexibility index (Phi) is 3.94. The third-order valence-electron chi connectivity index (χ3n) is 3.42. The number of rotatable bonds is 3. The molecule has 17 heavy (non-hydrogen) atoms. The van der Waals surface area contributed by atoms with Crippen LogP contribution < -0.4 is 10.1 Å². The Morgan fingerprint density at radius 1 is 1.47 bits per heavy atom. The third kappa shape index (κ3) is 2.93. The molecule has 1 aliphatic heterocycles. The van der Waals surface area contributed by atoms with Crippen molar-refractivity contribution in [2.75, 3.05) is 26.0 Å². The first-order chi connectivity index (χ1) is 8.10. The summed E-state index contributed by atoms with van der Waals surface area (Å²) in [5.74, 6) is 0.884. The van der Waals surface area contributed by atoms with Crippen molar-refractivity contribution in [2.45, 2.75) is 25.4 Å². The summed E-state index contributed by atoms with van der Waals surface area (Å²) in [6, 6.07) is 7.17. The first-order valence-electron chi connectivity index (χ1n) is 5.90. The molecule has 1 N–H and O–H groups in total. The molecule has 1 saturated heterocycles. The first kappa shape index (κ1) is 12.7. The van der Waals surface area contributed by atoms with E-state index in [1.807, 2.05) is 18.2 Å². The summed E-state index contributed by atoms with van der Waals surface area (Å²) in [5, 5.41) is 3.58. The molecule has 4 heteroatoms. The Balaban J connectivity index is 2.08. The van der Waals surface area contributed by atoms with Gasteiger partial charge in [0.25, 0.3) is 0 Å². The molecule has 0 saturated carbocycles. The van der Waals surface area contributed by atoms with Gasteiger partial charge in [-0.25, -0.2) is 0 Å². The maximum absolute atomic E-state index is 5.25. The van der Waals surface area contributed by atoms with Gasteiger partial charge in [0.1, 0.15) is 5.75 Å². The van der Waals surface area contributed by atoms with Crippen molar-refractivity contribution in [3.63, 3.8) is 0 Å². The van der Waals surface area contributed by atoms with Crippen LogP contribution in [0.15, 0.2) is 22.7 Å². The third-order valence-corrected chi connectivity index (χ3v) is 4.11. The van der Waals surface area contributed by atoms with E-state index in [4.69, 9.17) is 4.74 Å². The number of benzene rings is 1. The van der Waals surface area contributed by atoms with Gasteiger partial charge in [-0.15, -0.1) is 0 Å². The number of likely N-dealkylation sites (N-methyl/N-ethyl adjacent to an activating group) is 1. The zero-order chi connectivity index (χ0) is 12.4. The number of methoxy groups -OCH3 is 1. The lowest BCUT2D eigenvalue weighted by Gasteiger charge is -2.16. The highest BCUT2D eigenvalue weighted by molar-refractivity contribution is 9.10. The molecule has 0 aromatic heterocycles. The highest BCUT2D eigenvalue weighted by Crippen LogP contribution is 2.29. The average molecular weight is 299 g/mol. The predicted molar refractivity (Wildman–Crippen MR) is 74.8 cm³/mol. The number of ether oxygens (including phenoxy) is 1. The van der Waals surface area contributed by atoms with E-state index in [1.54, 1.807) is 7.11 Å². The number of anilines is 1. The van der Waals surface area contributed by atoms with Crippen molar-refractivity contribution >= 4 is 21.6 Å². The zero-order valence-electron chi connectivity index (χ0n) is 10.5. The quantitative estimate of drug-likeness (QED) is 0.928. The van der Waals surface area contributed by atoms with E-state index in [2.05, 4.69) is 40.1 Å². The molecule has 1 aromatic carbocycles. The lowest BCUT2D eigenvalue weighted by atomic mass is 10.2. The minimum atomic E-state index is 0.512. The van der Waals surface area contributed by atoms with Crippen molar-refractivity contribution in [1.82, 2.24) is 4.90 Å². The Bertz CT molecular complexity index is 387. The van der Waals surface area contributed by atoms with Gasteiger partial charge < -0.3 is 15.0 Å². The number of likely N-dealkylation sites (tertiary alicyclic amines) is 1. The highest BCUT2D eigenvalue weighted by atomic mass is 79.9. The molecule has 0 aliphatic carbocycles. The molecule has 2 rings (SSSR count). The maximum atomic E-state index is 5.25. The summed E-state index contributed by atoms with van der Waals surface area (Å²) in [6.07, 6.45) is 1.18. The molecule has 2 atom stereocenters. The van der Waals surface area contributed by atoms with Crippen LogP contribution in [0.4, 0.5) is 5.69 Å². The van der Waals surface area contributed by atoms with Crippen LogP contribution in [0.25, 0.3) is 0 Å². The summed E-state index contributed by atoms with van der Waals surface area (Å²) >= 11 is 3.57. The van der Waals surface area contributed by atoms with Crippen molar-refractivity contribution in [3.05, 3.63) is 22.7 Å². The Labute approximate surface area is 111 Å². The van der Waals surface area contributed by atoms with Gasteiger partial charge in [-0.1, -0.05) is 0 Å². The van der Waals surface area contributed by atoms with Gasteiger partial charge in [0, 0.05) is 29.2 Å². The van der Waals surface area contributed by atoms with Crippen molar-refractivity contribution in [2.24, 2.45) is 0 Å².